The normalized spacial score (nSPS) is 25.7. The molecule has 3 rings (SSSR count). The van der Waals surface area contributed by atoms with Gasteiger partial charge >= 0.3 is 0 Å². The summed E-state index contributed by atoms with van der Waals surface area (Å²) >= 11 is 0. The molecule has 1 heterocycles. The van der Waals surface area contributed by atoms with E-state index in [1.165, 1.54) is 0 Å². The quantitative estimate of drug-likeness (QED) is 0.601. The molecule has 1 unspecified atom stereocenters. The second-order valence-corrected chi connectivity index (χ2v) is 9.74. The summed E-state index contributed by atoms with van der Waals surface area (Å²) in [5.41, 5.74) is 4.49. The predicted molar refractivity (Wildman–Crippen MR) is 97.5 cm³/mol. The molecule has 1 saturated heterocycles. The van der Waals surface area contributed by atoms with Crippen molar-refractivity contribution in [3.63, 3.8) is 0 Å². The molecule has 5 heteroatoms. The lowest BCUT2D eigenvalue weighted by atomic mass is 9.87. The maximum absolute atomic E-state index is 12.9. The highest BCUT2D eigenvalue weighted by Crippen LogP contribution is 2.37. The van der Waals surface area contributed by atoms with Crippen molar-refractivity contribution in [2.24, 2.45) is 5.92 Å². The van der Waals surface area contributed by atoms with Crippen molar-refractivity contribution in [1.29, 1.82) is 0 Å². The number of sulfone groups is 1. The van der Waals surface area contributed by atoms with Gasteiger partial charge in [-0.15, -0.1) is 0 Å². The number of allylic oxidation sites excluding steroid dienone is 2. The van der Waals surface area contributed by atoms with Crippen molar-refractivity contribution in [1.82, 2.24) is 0 Å². The van der Waals surface area contributed by atoms with Gasteiger partial charge in [0.05, 0.1) is 11.5 Å². The van der Waals surface area contributed by atoms with Crippen molar-refractivity contribution < 1.29 is 18.0 Å². The average Bonchev–Trinajstić information content (AvgIpc) is 2.76. The maximum atomic E-state index is 12.9. The van der Waals surface area contributed by atoms with Crippen molar-refractivity contribution in [3.05, 3.63) is 46.0 Å². The van der Waals surface area contributed by atoms with Gasteiger partial charge in [0.1, 0.15) is 15.8 Å². The SMILES string of the molecule is Cc1cc(C)c(C2C(=O)CC(=CC3CCS(=O)(=O)CC3)C2=O)c(C)c1. The van der Waals surface area contributed by atoms with Crippen molar-refractivity contribution >= 4 is 21.4 Å². The van der Waals surface area contributed by atoms with Gasteiger partial charge in [-0.25, -0.2) is 8.42 Å². The fraction of sp³-hybridized carbons (Fsp3) is 0.500. The topological polar surface area (TPSA) is 68.3 Å². The minimum absolute atomic E-state index is 0.0465. The third-order valence-corrected chi connectivity index (χ3v) is 7.04. The van der Waals surface area contributed by atoms with Crippen LogP contribution in [0.2, 0.25) is 0 Å². The molecule has 0 radical (unpaired) electrons. The molecule has 1 aliphatic carbocycles. The molecule has 0 amide bonds. The number of ketones is 2. The third kappa shape index (κ3) is 3.61. The zero-order valence-corrected chi connectivity index (χ0v) is 15.8. The highest BCUT2D eigenvalue weighted by atomic mass is 32.2. The molecule has 1 aromatic rings. The van der Waals surface area contributed by atoms with E-state index in [-0.39, 0.29) is 35.4 Å². The van der Waals surface area contributed by atoms with E-state index in [1.807, 2.05) is 39.0 Å². The molecular formula is C20H24O4S. The first-order valence-corrected chi connectivity index (χ1v) is 10.6. The summed E-state index contributed by atoms with van der Waals surface area (Å²) in [7, 11) is -2.92. The lowest BCUT2D eigenvalue weighted by molar-refractivity contribution is -0.123. The van der Waals surface area contributed by atoms with Crippen molar-refractivity contribution in [3.8, 4) is 0 Å². The van der Waals surface area contributed by atoms with E-state index in [0.29, 0.717) is 18.4 Å². The highest BCUT2D eigenvalue weighted by Gasteiger charge is 2.40. The molecule has 1 aliphatic heterocycles. The van der Waals surface area contributed by atoms with Gasteiger partial charge in [0.2, 0.25) is 0 Å². The Morgan fingerprint density at radius 3 is 2.12 bits per heavy atom. The van der Waals surface area contributed by atoms with Gasteiger partial charge in [-0.05, 0) is 61.8 Å². The van der Waals surface area contributed by atoms with E-state index in [1.54, 1.807) is 0 Å². The molecule has 0 N–H and O–H groups in total. The maximum Gasteiger partial charge on any atom is 0.173 e. The molecule has 2 aliphatic rings. The van der Waals surface area contributed by atoms with Gasteiger partial charge in [-0.1, -0.05) is 23.8 Å². The molecule has 0 aromatic heterocycles. The number of rotatable bonds is 2. The van der Waals surface area contributed by atoms with Crippen LogP contribution in [0.3, 0.4) is 0 Å². The fourth-order valence-electron chi connectivity index (χ4n) is 4.15. The zero-order chi connectivity index (χ0) is 18.4. The molecule has 1 atom stereocenters. The Labute approximate surface area is 149 Å². The van der Waals surface area contributed by atoms with Crippen LogP contribution in [0.1, 0.15) is 47.4 Å². The van der Waals surface area contributed by atoms with Gasteiger partial charge in [0.15, 0.2) is 11.6 Å². The zero-order valence-electron chi connectivity index (χ0n) is 15.0. The Kier molecular flexibility index (Phi) is 4.71. The Morgan fingerprint density at radius 2 is 1.56 bits per heavy atom. The second-order valence-electron chi connectivity index (χ2n) is 7.43. The second kappa shape index (κ2) is 6.52. The molecule has 1 saturated carbocycles. The van der Waals surface area contributed by atoms with E-state index in [4.69, 9.17) is 0 Å². The van der Waals surface area contributed by atoms with E-state index < -0.39 is 15.8 Å². The van der Waals surface area contributed by atoms with Crippen LogP contribution in [-0.4, -0.2) is 31.5 Å². The van der Waals surface area contributed by atoms with Crippen LogP contribution >= 0.6 is 0 Å². The summed E-state index contributed by atoms with van der Waals surface area (Å²) in [6.07, 6.45) is 3.12. The molecule has 2 fully saturated rings. The molecule has 0 spiro atoms. The van der Waals surface area contributed by atoms with Crippen molar-refractivity contribution in [2.75, 3.05) is 11.5 Å². The minimum atomic E-state index is -2.92. The Bertz CT molecular complexity index is 840. The van der Waals surface area contributed by atoms with Crippen LogP contribution in [0.5, 0.6) is 0 Å². The number of carbonyl (C=O) groups is 2. The molecule has 134 valence electrons. The summed E-state index contributed by atoms with van der Waals surface area (Å²) in [6, 6.07) is 4.02. The molecule has 0 bridgehead atoms. The van der Waals surface area contributed by atoms with Gasteiger partial charge in [0, 0.05) is 6.42 Å². The number of carbonyl (C=O) groups excluding carboxylic acids is 2. The predicted octanol–water partition coefficient (Wildman–Crippen LogP) is 2.99. The number of aryl methyl sites for hydroxylation is 3. The van der Waals surface area contributed by atoms with Crippen LogP contribution < -0.4 is 0 Å². The number of hydrogen-bond donors (Lipinski definition) is 0. The Morgan fingerprint density at radius 1 is 1.00 bits per heavy atom. The van der Waals surface area contributed by atoms with E-state index >= 15 is 0 Å². The lowest BCUT2D eigenvalue weighted by Gasteiger charge is -2.19. The van der Waals surface area contributed by atoms with Gasteiger partial charge < -0.3 is 0 Å². The third-order valence-electron chi connectivity index (χ3n) is 5.33. The summed E-state index contributed by atoms with van der Waals surface area (Å²) in [5.74, 6) is -0.427. The van der Waals surface area contributed by atoms with Crippen LogP contribution in [-0.2, 0) is 19.4 Å². The molecule has 1 aromatic carbocycles. The van der Waals surface area contributed by atoms with Crippen molar-refractivity contribution in [2.45, 2.75) is 46.0 Å². The molecule has 25 heavy (non-hydrogen) atoms. The van der Waals surface area contributed by atoms with Crippen LogP contribution in [0.15, 0.2) is 23.8 Å². The van der Waals surface area contributed by atoms with Gasteiger partial charge in [0.25, 0.3) is 0 Å². The number of benzene rings is 1. The van der Waals surface area contributed by atoms with E-state index in [9.17, 15) is 18.0 Å². The largest absolute Gasteiger partial charge is 0.298 e. The molecule has 4 nitrogen and oxygen atoms in total. The van der Waals surface area contributed by atoms with Crippen LogP contribution in [0, 0.1) is 26.7 Å². The lowest BCUT2D eigenvalue weighted by Crippen LogP contribution is -2.22. The molecular weight excluding hydrogens is 336 g/mol. The number of Topliss-reactive ketones (excluding diaryl/α,β-unsaturated/α-hetero) is 2. The summed E-state index contributed by atoms with van der Waals surface area (Å²) in [6.45, 7) is 5.90. The minimum Gasteiger partial charge on any atom is -0.298 e. The Hall–Kier alpha value is -1.75. The fourth-order valence-corrected chi connectivity index (χ4v) is 5.68. The average molecular weight is 360 g/mol. The van der Waals surface area contributed by atoms with Gasteiger partial charge in [-0.2, -0.15) is 0 Å². The van der Waals surface area contributed by atoms with E-state index in [2.05, 4.69) is 0 Å². The number of hydrogen-bond acceptors (Lipinski definition) is 4. The monoisotopic (exact) mass is 360 g/mol. The Balaban J connectivity index is 1.88. The first-order valence-electron chi connectivity index (χ1n) is 8.74. The summed E-state index contributed by atoms with van der Waals surface area (Å²) in [5, 5.41) is 0. The summed E-state index contributed by atoms with van der Waals surface area (Å²) in [4.78, 5) is 25.5. The van der Waals surface area contributed by atoms with Gasteiger partial charge in [-0.3, -0.25) is 9.59 Å². The first-order chi connectivity index (χ1) is 11.7. The van der Waals surface area contributed by atoms with Crippen LogP contribution in [0.25, 0.3) is 0 Å². The van der Waals surface area contributed by atoms with E-state index in [0.717, 1.165) is 22.3 Å². The highest BCUT2D eigenvalue weighted by molar-refractivity contribution is 7.91. The summed E-state index contributed by atoms with van der Waals surface area (Å²) < 4.78 is 23.1. The smallest absolute Gasteiger partial charge is 0.173 e. The first kappa shape index (κ1) is 18.1. The standard InChI is InChI=1S/C20H24O4S/c1-12-8-13(2)18(14(3)9-12)19-17(21)11-16(20(19)22)10-15-4-6-25(23,24)7-5-15/h8-10,15,19H,4-7,11H2,1-3H3. The van der Waals surface area contributed by atoms with Crippen LogP contribution in [0.4, 0.5) is 0 Å².